The zero-order valence-electron chi connectivity index (χ0n) is 16.1. The van der Waals surface area contributed by atoms with Gasteiger partial charge in [-0.05, 0) is 11.1 Å². The normalized spacial score (nSPS) is 26.8. The second-order valence-electron chi connectivity index (χ2n) is 6.85. The van der Waals surface area contributed by atoms with Gasteiger partial charge < -0.3 is 24.1 Å². The molecule has 0 aliphatic carbocycles. The molecule has 0 saturated carbocycles. The molecule has 0 aromatic heterocycles. The first-order valence-electron chi connectivity index (χ1n) is 9.46. The molecule has 1 N–H and O–H groups in total. The summed E-state index contributed by atoms with van der Waals surface area (Å²) in [6.45, 7) is 1.57. The molecule has 1 aliphatic heterocycles. The molecule has 7 heteroatoms. The number of ether oxygens (including phenoxy) is 4. The summed E-state index contributed by atoms with van der Waals surface area (Å²) in [6.07, 6.45) is -6.71. The Hall–Kier alpha value is -2.32. The summed E-state index contributed by atoms with van der Waals surface area (Å²) in [6, 6.07) is 18.7. The first-order valence-corrected chi connectivity index (χ1v) is 9.46. The second kappa shape index (κ2) is 10.5. The Morgan fingerprint density at radius 3 is 2.21 bits per heavy atom. The Balaban J connectivity index is 1.63. The lowest BCUT2D eigenvalue weighted by Gasteiger charge is -2.40. The highest BCUT2D eigenvalue weighted by Crippen LogP contribution is 2.28. The summed E-state index contributed by atoms with van der Waals surface area (Å²) in [5.41, 5.74) is 1.79. The fourth-order valence-corrected chi connectivity index (χ4v) is 3.10. The van der Waals surface area contributed by atoms with Crippen LogP contribution < -0.4 is 0 Å². The molecule has 0 amide bonds. The molecule has 3 rings (SSSR count). The molecule has 1 fully saturated rings. The number of aliphatic hydroxyl groups excluding tert-OH is 1. The molecule has 2 aromatic carbocycles. The van der Waals surface area contributed by atoms with Crippen molar-refractivity contribution < 1.29 is 33.2 Å². The van der Waals surface area contributed by atoms with Gasteiger partial charge in [0.2, 0.25) is 6.29 Å². The fourth-order valence-electron chi connectivity index (χ4n) is 3.10. The molecule has 1 aliphatic rings. The summed E-state index contributed by atoms with van der Waals surface area (Å²) in [7, 11) is 0. The molecule has 5 atom stereocenters. The van der Waals surface area contributed by atoms with Gasteiger partial charge in [0.15, 0.2) is 6.17 Å². The van der Waals surface area contributed by atoms with E-state index in [4.69, 9.17) is 18.9 Å². The van der Waals surface area contributed by atoms with Gasteiger partial charge in [-0.15, -0.1) is 0 Å². The maximum atomic E-state index is 14.9. The van der Waals surface area contributed by atoms with Crippen LogP contribution >= 0.6 is 0 Å². The van der Waals surface area contributed by atoms with Crippen LogP contribution in [0.3, 0.4) is 0 Å². The Kier molecular flexibility index (Phi) is 7.71. The highest BCUT2D eigenvalue weighted by atomic mass is 19.1. The van der Waals surface area contributed by atoms with Crippen LogP contribution in [0.15, 0.2) is 60.7 Å². The molecule has 0 unspecified atom stereocenters. The van der Waals surface area contributed by atoms with Crippen molar-refractivity contribution in [1.29, 1.82) is 0 Å². The number of benzene rings is 2. The average Bonchev–Trinajstić information content (AvgIpc) is 2.72. The second-order valence-corrected chi connectivity index (χ2v) is 6.85. The van der Waals surface area contributed by atoms with Crippen molar-refractivity contribution in [3.05, 3.63) is 71.8 Å². The third-order valence-electron chi connectivity index (χ3n) is 4.56. The Morgan fingerprint density at radius 2 is 1.62 bits per heavy atom. The van der Waals surface area contributed by atoms with Crippen molar-refractivity contribution >= 4 is 5.97 Å². The van der Waals surface area contributed by atoms with E-state index in [9.17, 15) is 14.3 Å². The highest BCUT2D eigenvalue weighted by molar-refractivity contribution is 5.66. The minimum atomic E-state index is -1.83. The molecule has 156 valence electrons. The van der Waals surface area contributed by atoms with Gasteiger partial charge in [-0.25, -0.2) is 4.39 Å². The van der Waals surface area contributed by atoms with E-state index in [-0.39, 0.29) is 13.2 Å². The minimum absolute atomic E-state index is 0.00819. The lowest BCUT2D eigenvalue weighted by Crippen LogP contribution is -2.59. The van der Waals surface area contributed by atoms with Crippen LogP contribution in [-0.2, 0) is 37.0 Å². The van der Waals surface area contributed by atoms with Crippen LogP contribution in [0.1, 0.15) is 18.1 Å². The predicted octanol–water partition coefficient (Wildman–Crippen LogP) is 2.78. The maximum Gasteiger partial charge on any atom is 0.305 e. The lowest BCUT2D eigenvalue weighted by molar-refractivity contribution is -0.289. The molecule has 1 heterocycles. The molecular formula is C22H25FO6. The summed E-state index contributed by atoms with van der Waals surface area (Å²) in [5, 5.41) is 10.6. The number of carbonyl (C=O) groups excluding carboxylic acids is 1. The topological polar surface area (TPSA) is 74.2 Å². The smallest absolute Gasteiger partial charge is 0.305 e. The van der Waals surface area contributed by atoms with E-state index in [1.54, 1.807) is 0 Å². The molecular weight excluding hydrogens is 379 g/mol. The number of rotatable bonds is 8. The molecule has 0 radical (unpaired) electrons. The Bertz CT molecular complexity index is 756. The summed E-state index contributed by atoms with van der Waals surface area (Å²) >= 11 is 0. The zero-order chi connectivity index (χ0) is 20.6. The van der Waals surface area contributed by atoms with Crippen LogP contribution in [0.4, 0.5) is 4.39 Å². The SMILES string of the molecule is CC(=O)O[C@H]1O[C@H](COCc2ccccc2)[C@H](O)[C@H](OCc2ccccc2)[C@@H]1F. The standard InChI is InChI=1S/C22H25FO6/c1-15(24)28-22-19(23)21(27-13-17-10-6-3-7-11-17)20(25)18(29-22)14-26-12-16-8-4-2-5-9-16/h2-11,18-22,25H,12-14H2,1H3/t18-,19+,20+,21-,22+/m1/s1. The van der Waals surface area contributed by atoms with Crippen LogP contribution in [0, 0.1) is 0 Å². The van der Waals surface area contributed by atoms with Crippen molar-refractivity contribution in [3.63, 3.8) is 0 Å². The van der Waals surface area contributed by atoms with Crippen molar-refractivity contribution in [2.24, 2.45) is 0 Å². The minimum Gasteiger partial charge on any atom is -0.433 e. The number of aliphatic hydroxyl groups is 1. The van der Waals surface area contributed by atoms with Gasteiger partial charge >= 0.3 is 5.97 Å². The summed E-state index contributed by atoms with van der Waals surface area (Å²) in [5.74, 6) is -0.681. The van der Waals surface area contributed by atoms with Gasteiger partial charge in [0.1, 0.15) is 18.3 Å². The number of alkyl halides is 1. The number of carbonyl (C=O) groups is 1. The molecule has 0 spiro atoms. The van der Waals surface area contributed by atoms with Gasteiger partial charge in [0, 0.05) is 6.92 Å². The van der Waals surface area contributed by atoms with Crippen molar-refractivity contribution in [2.45, 2.75) is 50.9 Å². The van der Waals surface area contributed by atoms with E-state index in [1.165, 1.54) is 6.92 Å². The van der Waals surface area contributed by atoms with Crippen LogP contribution in [0.25, 0.3) is 0 Å². The average molecular weight is 404 g/mol. The fraction of sp³-hybridized carbons (Fsp3) is 0.409. The van der Waals surface area contributed by atoms with Gasteiger partial charge in [0.05, 0.1) is 19.8 Å². The van der Waals surface area contributed by atoms with Gasteiger partial charge in [0.25, 0.3) is 0 Å². The van der Waals surface area contributed by atoms with Crippen molar-refractivity contribution in [3.8, 4) is 0 Å². The first-order chi connectivity index (χ1) is 14.0. The Labute approximate surface area is 169 Å². The molecule has 1 saturated heterocycles. The third kappa shape index (κ3) is 6.08. The monoisotopic (exact) mass is 404 g/mol. The predicted molar refractivity (Wildman–Crippen MR) is 102 cm³/mol. The summed E-state index contributed by atoms with van der Waals surface area (Å²) in [4.78, 5) is 11.3. The lowest BCUT2D eigenvalue weighted by atomic mass is 9.99. The van der Waals surface area contributed by atoms with Crippen LogP contribution in [-0.4, -0.2) is 48.5 Å². The van der Waals surface area contributed by atoms with Crippen molar-refractivity contribution in [1.82, 2.24) is 0 Å². The molecule has 6 nitrogen and oxygen atoms in total. The van der Waals surface area contributed by atoms with Gasteiger partial charge in [-0.2, -0.15) is 0 Å². The number of hydrogen-bond acceptors (Lipinski definition) is 6. The van der Waals surface area contributed by atoms with E-state index in [2.05, 4.69) is 0 Å². The molecule has 29 heavy (non-hydrogen) atoms. The van der Waals surface area contributed by atoms with E-state index in [0.29, 0.717) is 6.61 Å². The van der Waals surface area contributed by atoms with Gasteiger partial charge in [-0.3, -0.25) is 4.79 Å². The summed E-state index contributed by atoms with van der Waals surface area (Å²) < 4.78 is 36.5. The Morgan fingerprint density at radius 1 is 1.03 bits per heavy atom. The number of halogens is 1. The van der Waals surface area contributed by atoms with Crippen LogP contribution in [0.2, 0.25) is 0 Å². The van der Waals surface area contributed by atoms with E-state index < -0.39 is 36.7 Å². The van der Waals surface area contributed by atoms with E-state index >= 15 is 0 Å². The maximum absolute atomic E-state index is 14.9. The van der Waals surface area contributed by atoms with E-state index in [0.717, 1.165) is 11.1 Å². The highest BCUT2D eigenvalue weighted by Gasteiger charge is 2.48. The van der Waals surface area contributed by atoms with E-state index in [1.807, 2.05) is 60.7 Å². The first kappa shape index (κ1) is 21.4. The quantitative estimate of drug-likeness (QED) is 0.682. The van der Waals surface area contributed by atoms with Gasteiger partial charge in [-0.1, -0.05) is 60.7 Å². The number of esters is 1. The zero-order valence-corrected chi connectivity index (χ0v) is 16.1. The third-order valence-corrected chi connectivity index (χ3v) is 4.56. The molecule has 2 aromatic rings. The number of hydrogen-bond donors (Lipinski definition) is 1. The molecule has 0 bridgehead atoms. The van der Waals surface area contributed by atoms with Crippen molar-refractivity contribution in [2.75, 3.05) is 6.61 Å². The largest absolute Gasteiger partial charge is 0.433 e. The van der Waals surface area contributed by atoms with Crippen LogP contribution in [0.5, 0.6) is 0 Å².